The van der Waals surface area contributed by atoms with Gasteiger partial charge in [0.15, 0.2) is 5.76 Å². The number of nitrogens with one attached hydrogen (secondary N) is 1. The van der Waals surface area contributed by atoms with E-state index in [-0.39, 0.29) is 29.2 Å². The second-order valence-electron chi connectivity index (χ2n) is 8.90. The van der Waals surface area contributed by atoms with Crippen LogP contribution in [0.4, 0.5) is 0 Å². The number of likely N-dealkylation sites (tertiary alicyclic amines) is 1. The third-order valence-electron chi connectivity index (χ3n) is 6.45. The second kappa shape index (κ2) is 7.69. The Labute approximate surface area is 172 Å². The van der Waals surface area contributed by atoms with E-state index in [4.69, 9.17) is 4.42 Å². The average molecular weight is 395 g/mol. The van der Waals surface area contributed by atoms with E-state index in [1.807, 2.05) is 31.7 Å². The molecule has 1 N–H and O–H groups in total. The van der Waals surface area contributed by atoms with Gasteiger partial charge < -0.3 is 14.6 Å². The molecular formula is C24H30N2O3. The Morgan fingerprint density at radius 2 is 1.90 bits per heavy atom. The van der Waals surface area contributed by atoms with Gasteiger partial charge in [0.05, 0.1) is 0 Å². The molecule has 1 aromatic heterocycles. The number of piperidine rings is 1. The van der Waals surface area contributed by atoms with Crippen molar-refractivity contribution in [1.29, 1.82) is 0 Å². The van der Waals surface area contributed by atoms with E-state index in [0.29, 0.717) is 12.2 Å². The third-order valence-corrected chi connectivity index (χ3v) is 6.45. The van der Waals surface area contributed by atoms with E-state index in [9.17, 15) is 9.59 Å². The average Bonchev–Trinajstić information content (AvgIpc) is 3.24. The van der Waals surface area contributed by atoms with E-state index in [0.717, 1.165) is 38.1 Å². The van der Waals surface area contributed by atoms with Gasteiger partial charge in [-0.3, -0.25) is 9.59 Å². The molecule has 4 rings (SSSR count). The highest BCUT2D eigenvalue weighted by Gasteiger charge is 2.46. The van der Waals surface area contributed by atoms with Crippen molar-refractivity contribution in [1.82, 2.24) is 10.2 Å². The summed E-state index contributed by atoms with van der Waals surface area (Å²) in [4.78, 5) is 27.1. The Bertz CT molecular complexity index is 906. The molecule has 1 spiro atoms. The van der Waals surface area contributed by atoms with Crippen LogP contribution in [0.25, 0.3) is 0 Å². The van der Waals surface area contributed by atoms with Gasteiger partial charge in [0.1, 0.15) is 5.76 Å². The van der Waals surface area contributed by atoms with E-state index < -0.39 is 0 Å². The van der Waals surface area contributed by atoms with Gasteiger partial charge in [0.25, 0.3) is 5.91 Å². The van der Waals surface area contributed by atoms with E-state index in [1.165, 1.54) is 11.1 Å². The summed E-state index contributed by atoms with van der Waals surface area (Å²) in [6.07, 6.45) is 3.38. The molecule has 29 heavy (non-hydrogen) atoms. The lowest BCUT2D eigenvalue weighted by atomic mass is 9.73. The Balaban J connectivity index is 1.49. The summed E-state index contributed by atoms with van der Waals surface area (Å²) < 4.78 is 5.53. The quantitative estimate of drug-likeness (QED) is 0.847. The number of carbonyl (C=O) groups excluding carboxylic acids is 2. The first-order valence-electron chi connectivity index (χ1n) is 10.6. The molecule has 154 valence electrons. The largest absolute Gasteiger partial charge is 0.456 e. The van der Waals surface area contributed by atoms with Crippen LogP contribution in [0, 0.1) is 6.92 Å². The van der Waals surface area contributed by atoms with E-state index in [2.05, 4.69) is 29.6 Å². The van der Waals surface area contributed by atoms with Crippen molar-refractivity contribution in [3.8, 4) is 0 Å². The predicted octanol–water partition coefficient (Wildman–Crippen LogP) is 4.16. The lowest BCUT2D eigenvalue weighted by molar-refractivity contribution is -0.122. The van der Waals surface area contributed by atoms with Crippen LogP contribution in [0.1, 0.15) is 72.9 Å². The molecule has 0 radical (unpaired) electrons. The monoisotopic (exact) mass is 394 g/mol. The van der Waals surface area contributed by atoms with Gasteiger partial charge in [-0.2, -0.15) is 0 Å². The minimum Gasteiger partial charge on any atom is -0.456 e. The number of amides is 2. The van der Waals surface area contributed by atoms with Crippen LogP contribution in [0.3, 0.4) is 0 Å². The minimum atomic E-state index is -0.0212. The Morgan fingerprint density at radius 1 is 1.17 bits per heavy atom. The first kappa shape index (κ1) is 19.7. The van der Waals surface area contributed by atoms with Gasteiger partial charge in [-0.15, -0.1) is 0 Å². The molecule has 2 amide bonds. The maximum absolute atomic E-state index is 12.8. The first-order chi connectivity index (χ1) is 13.9. The molecule has 1 aromatic carbocycles. The molecule has 2 aromatic rings. The first-order valence-corrected chi connectivity index (χ1v) is 10.6. The molecule has 0 saturated carbocycles. The van der Waals surface area contributed by atoms with Gasteiger partial charge >= 0.3 is 0 Å². The summed E-state index contributed by atoms with van der Waals surface area (Å²) in [5.74, 6) is 1.53. The summed E-state index contributed by atoms with van der Waals surface area (Å²) in [6, 6.07) is 12.3. The molecule has 0 bridgehead atoms. The lowest BCUT2D eigenvalue weighted by Crippen LogP contribution is -2.44. The van der Waals surface area contributed by atoms with Crippen molar-refractivity contribution in [3.05, 3.63) is 59.0 Å². The van der Waals surface area contributed by atoms with Crippen LogP contribution >= 0.6 is 0 Å². The van der Waals surface area contributed by atoms with Gasteiger partial charge in [-0.1, -0.05) is 24.3 Å². The summed E-state index contributed by atoms with van der Waals surface area (Å²) in [5, 5.41) is 3.03. The SMILES string of the molecule is Cc1ccc(C(=O)N2CCC3(CC2)C[C@H](CC(=O)NC(C)C)c2ccccc23)o1. The summed E-state index contributed by atoms with van der Waals surface area (Å²) in [6.45, 7) is 7.28. The molecule has 5 nitrogen and oxygen atoms in total. The highest BCUT2D eigenvalue weighted by Crippen LogP contribution is 2.52. The van der Waals surface area contributed by atoms with Crippen LogP contribution in [0.15, 0.2) is 40.8 Å². The van der Waals surface area contributed by atoms with Crippen LogP contribution < -0.4 is 5.32 Å². The van der Waals surface area contributed by atoms with Crippen molar-refractivity contribution in [3.63, 3.8) is 0 Å². The zero-order valence-electron chi connectivity index (χ0n) is 17.5. The van der Waals surface area contributed by atoms with Crippen molar-refractivity contribution < 1.29 is 14.0 Å². The number of carbonyl (C=O) groups is 2. The zero-order valence-corrected chi connectivity index (χ0v) is 17.5. The number of furan rings is 1. The van der Waals surface area contributed by atoms with Crippen LogP contribution in [-0.4, -0.2) is 35.8 Å². The van der Waals surface area contributed by atoms with Gasteiger partial charge in [0.2, 0.25) is 5.91 Å². The number of hydrogen-bond acceptors (Lipinski definition) is 3. The van der Waals surface area contributed by atoms with Crippen molar-refractivity contribution >= 4 is 11.8 Å². The molecule has 2 aliphatic rings. The normalized spacial score (nSPS) is 20.1. The maximum atomic E-state index is 12.8. The Morgan fingerprint density at radius 3 is 2.55 bits per heavy atom. The molecule has 2 heterocycles. The van der Waals surface area contributed by atoms with Crippen LogP contribution in [-0.2, 0) is 10.2 Å². The maximum Gasteiger partial charge on any atom is 0.289 e. The smallest absolute Gasteiger partial charge is 0.289 e. The standard InChI is InChI=1S/C24H30N2O3/c1-16(2)25-22(27)14-18-15-24(20-7-5-4-6-19(18)20)10-12-26(13-11-24)23(28)21-9-8-17(3)29-21/h4-9,16,18H,10-15H2,1-3H3,(H,25,27)/t18-/m0/s1. The fourth-order valence-electron chi connectivity index (χ4n) is 5.13. The third kappa shape index (κ3) is 3.83. The highest BCUT2D eigenvalue weighted by atomic mass is 16.3. The molecule has 1 atom stereocenters. The number of aryl methyl sites for hydroxylation is 1. The molecule has 1 saturated heterocycles. The van der Waals surface area contributed by atoms with Crippen molar-refractivity contribution in [2.24, 2.45) is 0 Å². The predicted molar refractivity (Wildman–Crippen MR) is 112 cm³/mol. The molecule has 1 aliphatic carbocycles. The minimum absolute atomic E-state index is 0.0212. The molecule has 1 fully saturated rings. The van der Waals surface area contributed by atoms with Gasteiger partial charge in [0, 0.05) is 25.6 Å². The number of rotatable bonds is 4. The van der Waals surface area contributed by atoms with Gasteiger partial charge in [-0.25, -0.2) is 0 Å². The Kier molecular flexibility index (Phi) is 5.24. The number of benzene rings is 1. The number of hydrogen-bond donors (Lipinski definition) is 1. The summed E-state index contributed by atoms with van der Waals surface area (Å²) >= 11 is 0. The zero-order chi connectivity index (χ0) is 20.6. The lowest BCUT2D eigenvalue weighted by Gasteiger charge is -2.40. The number of nitrogens with zero attached hydrogens (tertiary/aromatic N) is 1. The summed E-state index contributed by atoms with van der Waals surface area (Å²) in [5.41, 5.74) is 2.76. The van der Waals surface area contributed by atoms with Crippen molar-refractivity contribution in [2.45, 2.75) is 63.8 Å². The Hall–Kier alpha value is -2.56. The second-order valence-corrected chi connectivity index (χ2v) is 8.90. The number of fused-ring (bicyclic) bond motifs is 2. The molecule has 0 unspecified atom stereocenters. The summed E-state index contributed by atoms with van der Waals surface area (Å²) in [7, 11) is 0. The van der Waals surface area contributed by atoms with Crippen LogP contribution in [0.5, 0.6) is 0 Å². The highest BCUT2D eigenvalue weighted by molar-refractivity contribution is 5.91. The van der Waals surface area contributed by atoms with Gasteiger partial charge in [-0.05, 0) is 74.6 Å². The van der Waals surface area contributed by atoms with E-state index >= 15 is 0 Å². The van der Waals surface area contributed by atoms with Crippen molar-refractivity contribution in [2.75, 3.05) is 13.1 Å². The van der Waals surface area contributed by atoms with Crippen LogP contribution in [0.2, 0.25) is 0 Å². The topological polar surface area (TPSA) is 62.6 Å². The fourth-order valence-corrected chi connectivity index (χ4v) is 5.13. The van der Waals surface area contributed by atoms with E-state index in [1.54, 1.807) is 6.07 Å². The molecule has 5 heteroatoms. The molecular weight excluding hydrogens is 364 g/mol. The fraction of sp³-hybridized carbons (Fsp3) is 0.500. The molecule has 1 aliphatic heterocycles.